The fourth-order valence-electron chi connectivity index (χ4n) is 2.55. The molecule has 1 heterocycles. The maximum atomic E-state index is 12.0. The number of para-hydroxylation sites is 1. The number of nitrogens with zero attached hydrogens (tertiary/aromatic N) is 3. The first-order valence-corrected chi connectivity index (χ1v) is 8.60. The minimum atomic E-state index is -0.0117. The van der Waals surface area contributed by atoms with Crippen LogP contribution in [0.5, 0.6) is 5.75 Å². The van der Waals surface area contributed by atoms with E-state index in [1.54, 1.807) is 11.0 Å². The van der Waals surface area contributed by atoms with Crippen molar-refractivity contribution in [1.82, 2.24) is 14.8 Å². The number of amides is 1. The lowest BCUT2D eigenvalue weighted by atomic mass is 10.2. The number of aromatic nitrogens is 3. The van der Waals surface area contributed by atoms with E-state index in [2.05, 4.69) is 15.4 Å². The van der Waals surface area contributed by atoms with Crippen molar-refractivity contribution in [2.45, 2.75) is 26.3 Å². The number of carbonyl (C=O) groups excluding carboxylic acids is 1. The van der Waals surface area contributed by atoms with Crippen molar-refractivity contribution in [3.05, 3.63) is 72.3 Å². The van der Waals surface area contributed by atoms with E-state index in [1.165, 1.54) is 6.33 Å². The Morgan fingerprint density at radius 2 is 1.96 bits per heavy atom. The molecule has 0 saturated heterocycles. The molecule has 0 aliphatic carbocycles. The van der Waals surface area contributed by atoms with Crippen LogP contribution < -0.4 is 10.1 Å². The lowest BCUT2D eigenvalue weighted by Crippen LogP contribution is -2.13. The predicted molar refractivity (Wildman–Crippen MR) is 100 cm³/mol. The summed E-state index contributed by atoms with van der Waals surface area (Å²) in [6.45, 7) is 3.19. The summed E-state index contributed by atoms with van der Waals surface area (Å²) >= 11 is 0. The molecule has 6 nitrogen and oxygen atoms in total. The number of hydrogen-bond acceptors (Lipinski definition) is 4. The molecule has 0 aliphatic rings. The van der Waals surface area contributed by atoms with E-state index in [9.17, 15) is 4.79 Å². The van der Waals surface area contributed by atoms with Gasteiger partial charge in [0.15, 0.2) is 0 Å². The van der Waals surface area contributed by atoms with Crippen molar-refractivity contribution in [2.24, 2.45) is 0 Å². The molecule has 0 unspecified atom stereocenters. The van der Waals surface area contributed by atoms with E-state index >= 15 is 0 Å². The molecular formula is C20H22N4O2. The number of ether oxygens (including phenoxy) is 1. The Bertz CT molecular complexity index is 829. The molecule has 0 fully saturated rings. The standard InChI is InChI=1S/C20H22N4O2/c1-16-5-2-3-6-19(16)26-12-4-7-20(25)23-18-10-8-17(9-11-18)13-24-15-21-14-22-24/h2-3,5-6,8-11,14-15H,4,7,12-13H2,1H3,(H,23,25). The van der Waals surface area contributed by atoms with Crippen LogP contribution in [0.1, 0.15) is 24.0 Å². The Morgan fingerprint density at radius 1 is 1.15 bits per heavy atom. The first kappa shape index (κ1) is 17.7. The zero-order chi connectivity index (χ0) is 18.2. The summed E-state index contributed by atoms with van der Waals surface area (Å²) in [6.07, 6.45) is 4.28. The van der Waals surface area contributed by atoms with Crippen LogP contribution in [-0.4, -0.2) is 27.3 Å². The van der Waals surface area contributed by atoms with Crippen LogP contribution in [-0.2, 0) is 11.3 Å². The van der Waals surface area contributed by atoms with Crippen LogP contribution in [0.25, 0.3) is 0 Å². The van der Waals surface area contributed by atoms with Gasteiger partial charge in [-0.3, -0.25) is 4.79 Å². The second-order valence-corrected chi connectivity index (χ2v) is 6.06. The molecule has 1 amide bonds. The van der Waals surface area contributed by atoms with Crippen LogP contribution in [0.3, 0.4) is 0 Å². The predicted octanol–water partition coefficient (Wildman–Crippen LogP) is 3.43. The largest absolute Gasteiger partial charge is 0.493 e. The number of anilines is 1. The highest BCUT2D eigenvalue weighted by molar-refractivity contribution is 5.90. The fraction of sp³-hybridized carbons (Fsp3) is 0.250. The van der Waals surface area contributed by atoms with Gasteiger partial charge in [0.1, 0.15) is 18.4 Å². The van der Waals surface area contributed by atoms with Crippen LogP contribution in [0.15, 0.2) is 61.2 Å². The number of carbonyl (C=O) groups is 1. The number of aryl methyl sites for hydroxylation is 1. The third kappa shape index (κ3) is 5.17. The molecule has 134 valence electrons. The van der Waals surface area contributed by atoms with Gasteiger partial charge in [-0.05, 0) is 42.7 Å². The Hall–Kier alpha value is -3.15. The summed E-state index contributed by atoms with van der Waals surface area (Å²) in [4.78, 5) is 16.0. The molecule has 26 heavy (non-hydrogen) atoms. The van der Waals surface area contributed by atoms with E-state index in [-0.39, 0.29) is 5.91 Å². The highest BCUT2D eigenvalue weighted by atomic mass is 16.5. The Balaban J connectivity index is 1.39. The van der Waals surface area contributed by atoms with Gasteiger partial charge < -0.3 is 10.1 Å². The highest BCUT2D eigenvalue weighted by Crippen LogP contribution is 2.16. The van der Waals surface area contributed by atoms with Crippen LogP contribution >= 0.6 is 0 Å². The van der Waals surface area contributed by atoms with Gasteiger partial charge in [-0.25, -0.2) is 9.67 Å². The van der Waals surface area contributed by atoms with Gasteiger partial charge in [0, 0.05) is 12.1 Å². The Labute approximate surface area is 152 Å². The quantitative estimate of drug-likeness (QED) is 0.632. The molecule has 3 rings (SSSR count). The monoisotopic (exact) mass is 350 g/mol. The summed E-state index contributed by atoms with van der Waals surface area (Å²) in [7, 11) is 0. The Morgan fingerprint density at radius 3 is 2.69 bits per heavy atom. The van der Waals surface area contributed by atoms with E-state index in [0.717, 1.165) is 22.6 Å². The maximum absolute atomic E-state index is 12.0. The smallest absolute Gasteiger partial charge is 0.224 e. The van der Waals surface area contributed by atoms with Crippen molar-refractivity contribution in [1.29, 1.82) is 0 Å². The zero-order valence-corrected chi connectivity index (χ0v) is 14.8. The molecule has 0 bridgehead atoms. The second-order valence-electron chi connectivity index (χ2n) is 6.06. The number of benzene rings is 2. The first-order valence-electron chi connectivity index (χ1n) is 8.60. The normalized spacial score (nSPS) is 10.5. The molecule has 6 heteroatoms. The SMILES string of the molecule is Cc1ccccc1OCCCC(=O)Nc1ccc(Cn2cncn2)cc1. The molecule has 0 aliphatic heterocycles. The number of nitrogens with one attached hydrogen (secondary N) is 1. The Kier molecular flexibility index (Phi) is 5.98. The molecule has 1 N–H and O–H groups in total. The molecule has 0 saturated carbocycles. The lowest BCUT2D eigenvalue weighted by Gasteiger charge is -2.09. The topological polar surface area (TPSA) is 69.0 Å². The average Bonchev–Trinajstić information content (AvgIpc) is 3.15. The minimum absolute atomic E-state index is 0.0117. The van der Waals surface area contributed by atoms with Gasteiger partial charge in [0.25, 0.3) is 0 Å². The third-order valence-electron chi connectivity index (χ3n) is 3.95. The van der Waals surface area contributed by atoms with Gasteiger partial charge in [0.05, 0.1) is 13.2 Å². The number of hydrogen-bond donors (Lipinski definition) is 1. The molecule has 0 atom stereocenters. The van der Waals surface area contributed by atoms with Gasteiger partial charge in [-0.2, -0.15) is 5.10 Å². The maximum Gasteiger partial charge on any atom is 0.224 e. The zero-order valence-electron chi connectivity index (χ0n) is 14.8. The third-order valence-corrected chi connectivity index (χ3v) is 3.95. The van der Waals surface area contributed by atoms with E-state index in [1.807, 2.05) is 55.5 Å². The molecular weight excluding hydrogens is 328 g/mol. The highest BCUT2D eigenvalue weighted by Gasteiger charge is 2.04. The lowest BCUT2D eigenvalue weighted by molar-refractivity contribution is -0.116. The van der Waals surface area contributed by atoms with E-state index in [4.69, 9.17) is 4.74 Å². The van der Waals surface area contributed by atoms with E-state index in [0.29, 0.717) is 26.0 Å². The molecule has 0 radical (unpaired) electrons. The molecule has 0 spiro atoms. The molecule has 1 aromatic heterocycles. The van der Waals surface area contributed by atoms with Gasteiger partial charge >= 0.3 is 0 Å². The van der Waals surface area contributed by atoms with Crippen molar-refractivity contribution < 1.29 is 9.53 Å². The van der Waals surface area contributed by atoms with Gasteiger partial charge in [0.2, 0.25) is 5.91 Å². The van der Waals surface area contributed by atoms with Crippen molar-refractivity contribution >= 4 is 11.6 Å². The van der Waals surface area contributed by atoms with Crippen molar-refractivity contribution in [3.8, 4) is 5.75 Å². The minimum Gasteiger partial charge on any atom is -0.493 e. The second kappa shape index (κ2) is 8.80. The molecule has 2 aromatic carbocycles. The molecule has 3 aromatic rings. The summed E-state index contributed by atoms with van der Waals surface area (Å²) in [6, 6.07) is 15.6. The summed E-state index contributed by atoms with van der Waals surface area (Å²) in [5.41, 5.74) is 2.99. The summed E-state index contributed by atoms with van der Waals surface area (Å²) < 4.78 is 7.46. The van der Waals surface area contributed by atoms with Crippen LogP contribution in [0.2, 0.25) is 0 Å². The first-order chi connectivity index (χ1) is 12.7. The summed E-state index contributed by atoms with van der Waals surface area (Å²) in [5.74, 6) is 0.860. The van der Waals surface area contributed by atoms with Crippen molar-refractivity contribution in [2.75, 3.05) is 11.9 Å². The van der Waals surface area contributed by atoms with Gasteiger partial charge in [-0.15, -0.1) is 0 Å². The fourth-order valence-corrected chi connectivity index (χ4v) is 2.55. The van der Waals surface area contributed by atoms with E-state index < -0.39 is 0 Å². The summed E-state index contributed by atoms with van der Waals surface area (Å²) in [5, 5.41) is 6.98. The average molecular weight is 350 g/mol. The number of rotatable bonds is 8. The van der Waals surface area contributed by atoms with Gasteiger partial charge in [-0.1, -0.05) is 30.3 Å². The van der Waals surface area contributed by atoms with Crippen LogP contribution in [0, 0.1) is 6.92 Å². The van der Waals surface area contributed by atoms with Crippen molar-refractivity contribution in [3.63, 3.8) is 0 Å². The van der Waals surface area contributed by atoms with Crippen LogP contribution in [0.4, 0.5) is 5.69 Å².